The maximum absolute atomic E-state index is 13.2. The molecule has 0 aliphatic carbocycles. The largest absolute Gasteiger partial charge is 1.00 e. The highest BCUT2D eigenvalue weighted by Gasteiger charge is 2.30. The molecule has 2 aromatic carbocycles. The molecular formula is C19H20Cl2N2OS. The summed E-state index contributed by atoms with van der Waals surface area (Å²) in [7, 11) is 0. The van der Waals surface area contributed by atoms with Crippen LogP contribution >= 0.6 is 23.4 Å². The second-order valence-corrected chi connectivity index (χ2v) is 7.92. The zero-order valence-corrected chi connectivity index (χ0v) is 16.1. The molecule has 0 bridgehead atoms. The number of carbonyl (C=O) groups is 1. The van der Waals surface area contributed by atoms with Crippen molar-refractivity contribution in [2.24, 2.45) is 0 Å². The summed E-state index contributed by atoms with van der Waals surface area (Å²) in [6, 6.07) is 13.9. The summed E-state index contributed by atoms with van der Waals surface area (Å²) in [5.41, 5.74) is 1.88. The molecule has 2 aliphatic heterocycles. The van der Waals surface area contributed by atoms with Crippen molar-refractivity contribution in [1.82, 2.24) is 0 Å². The van der Waals surface area contributed by atoms with Crippen LogP contribution in [0.3, 0.4) is 0 Å². The number of hydrogen-bond acceptors (Lipinski definition) is 2. The van der Waals surface area contributed by atoms with Gasteiger partial charge in [-0.3, -0.25) is 9.69 Å². The molecule has 132 valence electrons. The molecule has 2 heterocycles. The highest BCUT2D eigenvalue weighted by molar-refractivity contribution is 7.99. The van der Waals surface area contributed by atoms with Gasteiger partial charge in [0, 0.05) is 14.8 Å². The Morgan fingerprint density at radius 2 is 1.76 bits per heavy atom. The minimum absolute atomic E-state index is 0. The van der Waals surface area contributed by atoms with Crippen LogP contribution in [-0.4, -0.2) is 25.5 Å². The molecule has 0 radical (unpaired) electrons. The lowest BCUT2D eigenvalue weighted by molar-refractivity contribution is -0.896. The number of halogens is 2. The first-order chi connectivity index (χ1) is 11.7. The number of fused-ring (bicyclic) bond motifs is 2. The first-order valence-electron chi connectivity index (χ1n) is 8.45. The van der Waals surface area contributed by atoms with E-state index >= 15 is 0 Å². The topological polar surface area (TPSA) is 24.8 Å². The average Bonchev–Trinajstić information content (AvgIpc) is 2.60. The summed E-state index contributed by atoms with van der Waals surface area (Å²) in [4.78, 5) is 18.6. The monoisotopic (exact) mass is 394 g/mol. The van der Waals surface area contributed by atoms with Crippen LogP contribution in [0.4, 0.5) is 11.4 Å². The van der Waals surface area contributed by atoms with Crippen LogP contribution in [-0.2, 0) is 4.79 Å². The molecule has 25 heavy (non-hydrogen) atoms. The highest BCUT2D eigenvalue weighted by atomic mass is 35.5. The summed E-state index contributed by atoms with van der Waals surface area (Å²) < 4.78 is 0. The number of carbonyl (C=O) groups excluding carboxylic acids is 1. The summed E-state index contributed by atoms with van der Waals surface area (Å²) >= 11 is 7.91. The molecule has 2 aliphatic rings. The first-order valence-corrected chi connectivity index (χ1v) is 9.65. The van der Waals surface area contributed by atoms with E-state index in [1.54, 1.807) is 11.8 Å². The van der Waals surface area contributed by atoms with Gasteiger partial charge in [-0.1, -0.05) is 35.5 Å². The van der Waals surface area contributed by atoms with E-state index in [1.165, 1.54) is 24.2 Å². The number of rotatable bonds is 2. The molecule has 1 N–H and O–H groups in total. The van der Waals surface area contributed by atoms with E-state index < -0.39 is 0 Å². The van der Waals surface area contributed by atoms with E-state index in [1.807, 2.05) is 41.3 Å². The molecule has 6 heteroatoms. The second kappa shape index (κ2) is 8.00. The van der Waals surface area contributed by atoms with Crippen LogP contribution in [0.5, 0.6) is 0 Å². The molecule has 0 atom stereocenters. The Labute approximate surface area is 163 Å². The zero-order valence-electron chi connectivity index (χ0n) is 13.8. The van der Waals surface area contributed by atoms with Crippen LogP contribution < -0.4 is 22.2 Å². The number of anilines is 2. The second-order valence-electron chi connectivity index (χ2n) is 6.40. The molecule has 1 amide bonds. The number of likely N-dealkylation sites (tertiary alicyclic amines) is 1. The van der Waals surface area contributed by atoms with Crippen molar-refractivity contribution < 1.29 is 22.1 Å². The van der Waals surface area contributed by atoms with Gasteiger partial charge in [0.1, 0.15) is 0 Å². The van der Waals surface area contributed by atoms with E-state index in [0.29, 0.717) is 11.6 Å². The maximum Gasteiger partial charge on any atom is 0.286 e. The first kappa shape index (κ1) is 18.6. The van der Waals surface area contributed by atoms with Gasteiger partial charge in [0.15, 0.2) is 6.54 Å². The SMILES string of the molecule is O=C(C[NH+]1CCCCC1)N1c2ccccc2Sc2ccc(Cl)cc21.[Cl-]. The van der Waals surface area contributed by atoms with Crippen molar-refractivity contribution in [2.45, 2.75) is 29.1 Å². The van der Waals surface area contributed by atoms with Gasteiger partial charge < -0.3 is 17.3 Å². The molecule has 0 saturated carbocycles. The molecule has 0 unspecified atom stereocenters. The number of hydrogen-bond donors (Lipinski definition) is 1. The quantitative estimate of drug-likeness (QED) is 0.803. The molecule has 0 spiro atoms. The third kappa shape index (κ3) is 3.82. The van der Waals surface area contributed by atoms with Crippen molar-refractivity contribution in [1.29, 1.82) is 0 Å². The van der Waals surface area contributed by atoms with E-state index in [-0.39, 0.29) is 18.3 Å². The molecule has 0 aromatic heterocycles. The van der Waals surface area contributed by atoms with E-state index in [2.05, 4.69) is 6.07 Å². The molecule has 4 rings (SSSR count). The van der Waals surface area contributed by atoms with Crippen molar-refractivity contribution >= 4 is 40.6 Å². The fourth-order valence-corrected chi connectivity index (χ4v) is 4.72. The van der Waals surface area contributed by atoms with Crippen LogP contribution in [0, 0.1) is 0 Å². The third-order valence-corrected chi connectivity index (χ3v) is 6.06. The van der Waals surface area contributed by atoms with Gasteiger partial charge in [0.2, 0.25) is 0 Å². The van der Waals surface area contributed by atoms with Gasteiger partial charge in [-0.25, -0.2) is 0 Å². The Morgan fingerprint density at radius 1 is 1.04 bits per heavy atom. The number of amides is 1. The lowest BCUT2D eigenvalue weighted by Crippen LogP contribution is -3.13. The Balaban J connectivity index is 0.00000182. The smallest absolute Gasteiger partial charge is 0.286 e. The van der Waals surface area contributed by atoms with Gasteiger partial charge in [0.25, 0.3) is 5.91 Å². The van der Waals surface area contributed by atoms with Gasteiger partial charge in [-0.2, -0.15) is 0 Å². The number of benzene rings is 2. The summed E-state index contributed by atoms with van der Waals surface area (Å²) in [5, 5.41) is 0.664. The normalized spacial score (nSPS) is 16.6. The van der Waals surface area contributed by atoms with Crippen LogP contribution in [0.1, 0.15) is 19.3 Å². The predicted octanol–water partition coefficient (Wildman–Crippen LogP) is 0.542. The fraction of sp³-hybridized carbons (Fsp3) is 0.316. The third-order valence-electron chi connectivity index (χ3n) is 4.70. The Bertz CT molecular complexity index is 778. The number of nitrogens with zero attached hydrogens (tertiary/aromatic N) is 1. The van der Waals surface area contributed by atoms with Crippen molar-refractivity contribution in [3.05, 3.63) is 47.5 Å². The predicted molar refractivity (Wildman–Crippen MR) is 98.6 cm³/mol. The van der Waals surface area contributed by atoms with Crippen molar-refractivity contribution in [2.75, 3.05) is 24.5 Å². The Morgan fingerprint density at radius 3 is 2.56 bits per heavy atom. The van der Waals surface area contributed by atoms with Gasteiger partial charge >= 0.3 is 0 Å². The Kier molecular flexibility index (Phi) is 5.95. The Hall–Kier alpha value is -1.20. The van der Waals surface area contributed by atoms with E-state index in [9.17, 15) is 4.79 Å². The minimum atomic E-state index is 0. The lowest BCUT2D eigenvalue weighted by atomic mass is 10.1. The van der Waals surface area contributed by atoms with Crippen molar-refractivity contribution in [3.63, 3.8) is 0 Å². The molecular weight excluding hydrogens is 375 g/mol. The zero-order chi connectivity index (χ0) is 16.5. The standard InChI is InChI=1S/C19H19ClN2OS.ClH/c20-14-8-9-18-16(12-14)22(15-6-2-3-7-17(15)24-18)19(23)13-21-10-4-1-5-11-21;/h2-3,6-9,12H,1,4-5,10-11,13H2;1H. The highest BCUT2D eigenvalue weighted by Crippen LogP contribution is 2.48. The number of quaternary nitrogens is 1. The molecule has 3 nitrogen and oxygen atoms in total. The number of para-hydroxylation sites is 1. The van der Waals surface area contributed by atoms with Gasteiger partial charge in [-0.15, -0.1) is 0 Å². The van der Waals surface area contributed by atoms with Crippen LogP contribution in [0.25, 0.3) is 0 Å². The fourth-order valence-electron chi connectivity index (χ4n) is 3.52. The van der Waals surface area contributed by atoms with Crippen LogP contribution in [0.2, 0.25) is 5.02 Å². The minimum Gasteiger partial charge on any atom is -1.00 e. The molecule has 1 saturated heterocycles. The van der Waals surface area contributed by atoms with E-state index in [4.69, 9.17) is 11.6 Å². The lowest BCUT2D eigenvalue weighted by Gasteiger charge is -2.32. The number of nitrogens with one attached hydrogen (secondary N) is 1. The molecule has 1 fully saturated rings. The number of piperidine rings is 1. The van der Waals surface area contributed by atoms with Gasteiger partial charge in [0.05, 0.1) is 24.5 Å². The summed E-state index contributed by atoms with van der Waals surface area (Å²) in [6.07, 6.45) is 3.73. The van der Waals surface area contributed by atoms with E-state index in [0.717, 1.165) is 34.3 Å². The van der Waals surface area contributed by atoms with Crippen LogP contribution in [0.15, 0.2) is 52.3 Å². The maximum atomic E-state index is 13.2. The summed E-state index contributed by atoms with van der Waals surface area (Å²) in [5.74, 6) is 0.156. The average molecular weight is 395 g/mol. The van der Waals surface area contributed by atoms with Gasteiger partial charge in [-0.05, 0) is 49.6 Å². The summed E-state index contributed by atoms with van der Waals surface area (Å²) in [6.45, 7) is 2.74. The molecule has 2 aromatic rings. The van der Waals surface area contributed by atoms with Crippen molar-refractivity contribution in [3.8, 4) is 0 Å².